The van der Waals surface area contributed by atoms with E-state index < -0.39 is 17.9 Å². The molecule has 1 aromatic heterocycles. The van der Waals surface area contributed by atoms with E-state index in [1.165, 1.54) is 12.1 Å². The van der Waals surface area contributed by atoms with Gasteiger partial charge in [-0.15, -0.1) is 0 Å². The van der Waals surface area contributed by atoms with Crippen LogP contribution < -0.4 is 5.32 Å². The van der Waals surface area contributed by atoms with Crippen molar-refractivity contribution >= 4 is 46.8 Å². The molecule has 1 amide bonds. The van der Waals surface area contributed by atoms with Gasteiger partial charge in [-0.25, -0.2) is 4.79 Å². The Hall–Kier alpha value is -1.70. The number of thioether (sulfide) groups is 1. The highest BCUT2D eigenvalue weighted by molar-refractivity contribution is 7.98. The fourth-order valence-corrected chi connectivity index (χ4v) is 3.31. The number of esters is 1. The van der Waals surface area contributed by atoms with Crippen molar-refractivity contribution in [2.24, 2.45) is 0 Å². The zero-order chi connectivity index (χ0) is 20.0. The summed E-state index contributed by atoms with van der Waals surface area (Å²) in [6, 6.07) is 3.76. The zero-order valence-electron chi connectivity index (χ0n) is 15.2. The lowest BCUT2D eigenvalue weighted by Gasteiger charge is -2.18. The average molecular weight is 431 g/mol. The molecule has 0 aliphatic heterocycles. The van der Waals surface area contributed by atoms with Crippen molar-refractivity contribution < 1.29 is 18.8 Å². The number of aromatic nitrogens is 1. The molecular weight excluding hydrogens is 411 g/mol. The van der Waals surface area contributed by atoms with E-state index >= 15 is 0 Å². The summed E-state index contributed by atoms with van der Waals surface area (Å²) in [6.45, 7) is 3.56. The molecule has 9 heteroatoms. The van der Waals surface area contributed by atoms with Gasteiger partial charge in [-0.05, 0) is 50.5 Å². The van der Waals surface area contributed by atoms with Crippen LogP contribution in [0, 0.1) is 13.8 Å². The number of nitrogens with zero attached hydrogens (tertiary/aromatic N) is 1. The van der Waals surface area contributed by atoms with E-state index in [9.17, 15) is 9.59 Å². The minimum atomic E-state index is -0.794. The number of carbonyl (C=O) groups is 2. The predicted molar refractivity (Wildman–Crippen MR) is 106 cm³/mol. The Morgan fingerprint density at radius 1 is 1.33 bits per heavy atom. The van der Waals surface area contributed by atoms with Crippen LogP contribution in [0.3, 0.4) is 0 Å². The van der Waals surface area contributed by atoms with Crippen LogP contribution in [0.4, 0.5) is 0 Å². The number of nitrogens with one attached hydrogen (secondary N) is 1. The molecule has 0 saturated carbocycles. The quantitative estimate of drug-likeness (QED) is 0.632. The smallest absolute Gasteiger partial charge is 0.329 e. The Morgan fingerprint density at radius 3 is 2.67 bits per heavy atom. The maximum atomic E-state index is 12.5. The topological polar surface area (TPSA) is 81.4 Å². The van der Waals surface area contributed by atoms with Gasteiger partial charge in [0.1, 0.15) is 18.4 Å². The summed E-state index contributed by atoms with van der Waals surface area (Å²) in [4.78, 5) is 25.0. The molecule has 6 nitrogen and oxygen atoms in total. The maximum Gasteiger partial charge on any atom is 0.329 e. The molecule has 1 atom stereocenters. The molecule has 0 aliphatic carbocycles. The van der Waals surface area contributed by atoms with Gasteiger partial charge in [0.25, 0.3) is 5.91 Å². The SMILES string of the molecule is CSCC[C@@H](NC(=O)c1ccc(Cl)cc1Cl)C(=O)OCc1c(C)noc1C. The molecule has 0 bridgehead atoms. The third-order valence-corrected chi connectivity index (χ3v) is 5.11. The van der Waals surface area contributed by atoms with Crippen LogP contribution in [-0.2, 0) is 16.1 Å². The minimum Gasteiger partial charge on any atom is -0.459 e. The van der Waals surface area contributed by atoms with Crippen molar-refractivity contribution in [3.63, 3.8) is 0 Å². The van der Waals surface area contributed by atoms with Crippen LogP contribution in [-0.4, -0.2) is 35.1 Å². The van der Waals surface area contributed by atoms with Crippen LogP contribution in [0.5, 0.6) is 0 Å². The van der Waals surface area contributed by atoms with Gasteiger partial charge >= 0.3 is 5.97 Å². The minimum absolute atomic E-state index is 0.0351. The van der Waals surface area contributed by atoms with Gasteiger partial charge in [-0.3, -0.25) is 4.79 Å². The number of ether oxygens (including phenoxy) is 1. The van der Waals surface area contributed by atoms with Gasteiger partial charge in [0.2, 0.25) is 0 Å². The first-order valence-corrected chi connectivity index (χ1v) is 10.3. The fourth-order valence-electron chi connectivity index (χ4n) is 2.35. The lowest BCUT2D eigenvalue weighted by Crippen LogP contribution is -2.42. The largest absolute Gasteiger partial charge is 0.459 e. The zero-order valence-corrected chi connectivity index (χ0v) is 17.5. The highest BCUT2D eigenvalue weighted by Gasteiger charge is 2.24. The van der Waals surface area contributed by atoms with Gasteiger partial charge < -0.3 is 14.6 Å². The van der Waals surface area contributed by atoms with Crippen molar-refractivity contribution in [2.45, 2.75) is 32.9 Å². The molecule has 0 aliphatic rings. The van der Waals surface area contributed by atoms with Gasteiger partial charge in [-0.2, -0.15) is 11.8 Å². The molecule has 146 valence electrons. The van der Waals surface area contributed by atoms with E-state index in [0.717, 1.165) is 5.56 Å². The van der Waals surface area contributed by atoms with Crippen LogP contribution in [0.15, 0.2) is 22.7 Å². The average Bonchev–Trinajstić information content (AvgIpc) is 2.94. The van der Waals surface area contributed by atoms with Crippen LogP contribution in [0.2, 0.25) is 10.0 Å². The number of rotatable bonds is 8. The van der Waals surface area contributed by atoms with E-state index in [0.29, 0.717) is 28.7 Å². The molecule has 1 aromatic carbocycles. The first-order chi connectivity index (χ1) is 12.8. The van der Waals surface area contributed by atoms with E-state index in [1.54, 1.807) is 31.7 Å². The Labute approximate surface area is 171 Å². The third-order valence-electron chi connectivity index (χ3n) is 3.92. The summed E-state index contributed by atoms with van der Waals surface area (Å²) in [7, 11) is 0. The Kier molecular flexibility index (Phi) is 8.01. The number of carbonyl (C=O) groups excluding carboxylic acids is 2. The van der Waals surface area contributed by atoms with Crippen LogP contribution in [0.25, 0.3) is 0 Å². The Balaban J connectivity index is 2.06. The van der Waals surface area contributed by atoms with Crippen molar-refractivity contribution in [2.75, 3.05) is 12.0 Å². The Morgan fingerprint density at radius 2 is 2.07 bits per heavy atom. The molecular formula is C18H20Cl2N2O4S. The number of halogens is 2. The second-order valence-corrected chi connectivity index (χ2v) is 7.67. The van der Waals surface area contributed by atoms with E-state index in [4.69, 9.17) is 32.5 Å². The second-order valence-electron chi connectivity index (χ2n) is 5.84. The summed E-state index contributed by atoms with van der Waals surface area (Å²) < 4.78 is 10.4. The number of aryl methyl sites for hydroxylation is 2. The molecule has 0 saturated heterocycles. The standard InChI is InChI=1S/C18H20Cl2N2O4S/c1-10-14(11(2)26-22-10)9-25-18(24)16(6-7-27-3)21-17(23)13-5-4-12(19)8-15(13)20/h4-5,8,16H,6-7,9H2,1-3H3,(H,21,23)/t16-/m1/s1. The van der Waals surface area contributed by atoms with Crippen LogP contribution >= 0.6 is 35.0 Å². The first-order valence-electron chi connectivity index (χ1n) is 8.16. The molecule has 0 spiro atoms. The maximum absolute atomic E-state index is 12.5. The molecule has 0 unspecified atom stereocenters. The van der Waals surface area contributed by atoms with Gasteiger partial charge in [0.05, 0.1) is 21.8 Å². The second kappa shape index (κ2) is 10.0. The summed E-state index contributed by atoms with van der Waals surface area (Å²) in [6.07, 6.45) is 2.35. The summed E-state index contributed by atoms with van der Waals surface area (Å²) in [5, 5.41) is 7.16. The normalized spacial score (nSPS) is 11.9. The van der Waals surface area contributed by atoms with Crippen molar-refractivity contribution in [1.29, 1.82) is 0 Å². The Bertz CT molecular complexity index is 806. The predicted octanol–water partition coefficient (Wildman–Crippen LogP) is 4.19. The monoisotopic (exact) mass is 430 g/mol. The van der Waals surface area contributed by atoms with E-state index in [2.05, 4.69) is 10.5 Å². The van der Waals surface area contributed by atoms with Crippen molar-refractivity contribution in [3.05, 3.63) is 50.8 Å². The molecule has 27 heavy (non-hydrogen) atoms. The summed E-state index contributed by atoms with van der Waals surface area (Å²) in [5.41, 5.74) is 1.63. The molecule has 0 fully saturated rings. The summed E-state index contributed by atoms with van der Waals surface area (Å²) >= 11 is 13.5. The highest BCUT2D eigenvalue weighted by Crippen LogP contribution is 2.21. The first kappa shape index (κ1) is 21.6. The molecule has 2 aromatic rings. The van der Waals surface area contributed by atoms with Gasteiger partial charge in [0.15, 0.2) is 0 Å². The number of benzene rings is 1. The lowest BCUT2D eigenvalue weighted by molar-refractivity contribution is -0.147. The van der Waals surface area contributed by atoms with Gasteiger partial charge in [-0.1, -0.05) is 28.4 Å². The summed E-state index contributed by atoms with van der Waals surface area (Å²) in [5.74, 6) is 0.289. The molecule has 2 rings (SSSR count). The fraction of sp³-hybridized carbons (Fsp3) is 0.389. The number of amides is 1. The number of hydrogen-bond acceptors (Lipinski definition) is 6. The van der Waals surface area contributed by atoms with Crippen molar-refractivity contribution in [1.82, 2.24) is 10.5 Å². The van der Waals surface area contributed by atoms with E-state index in [-0.39, 0.29) is 17.2 Å². The highest BCUT2D eigenvalue weighted by atomic mass is 35.5. The third kappa shape index (κ3) is 5.89. The number of hydrogen-bond donors (Lipinski definition) is 1. The van der Waals surface area contributed by atoms with E-state index in [1.807, 2.05) is 6.26 Å². The van der Waals surface area contributed by atoms with Gasteiger partial charge in [0, 0.05) is 5.02 Å². The molecule has 1 heterocycles. The lowest BCUT2D eigenvalue weighted by atomic mass is 10.1. The molecule has 0 radical (unpaired) electrons. The van der Waals surface area contributed by atoms with Crippen molar-refractivity contribution in [3.8, 4) is 0 Å². The molecule has 1 N–H and O–H groups in total. The van der Waals surface area contributed by atoms with Crippen LogP contribution in [0.1, 0.15) is 33.8 Å².